The van der Waals surface area contributed by atoms with Crippen LogP contribution in [0.3, 0.4) is 0 Å². The van der Waals surface area contributed by atoms with E-state index in [4.69, 9.17) is 4.74 Å². The lowest BCUT2D eigenvalue weighted by Gasteiger charge is -2.08. The molecule has 2 nitrogen and oxygen atoms in total. The fraction of sp³-hybridized carbons (Fsp3) is 0.647. The SMILES string of the molecule is CCCCCCOc1cccc(CCCCC[O])c1. The average molecular weight is 263 g/mol. The first kappa shape index (κ1) is 16.0. The summed E-state index contributed by atoms with van der Waals surface area (Å²) in [6.07, 6.45) is 8.93. The minimum Gasteiger partial charge on any atom is -0.494 e. The van der Waals surface area contributed by atoms with Crippen LogP contribution in [0.2, 0.25) is 0 Å². The summed E-state index contributed by atoms with van der Waals surface area (Å²) in [5.41, 5.74) is 1.32. The molecule has 0 N–H and O–H groups in total. The van der Waals surface area contributed by atoms with Gasteiger partial charge in [0.1, 0.15) is 5.75 Å². The molecule has 0 spiro atoms. The summed E-state index contributed by atoms with van der Waals surface area (Å²) in [6, 6.07) is 8.36. The van der Waals surface area contributed by atoms with Crippen molar-refractivity contribution in [2.24, 2.45) is 0 Å². The van der Waals surface area contributed by atoms with Crippen molar-refractivity contribution >= 4 is 0 Å². The van der Waals surface area contributed by atoms with Crippen LogP contribution in [0.25, 0.3) is 0 Å². The lowest BCUT2D eigenvalue weighted by atomic mass is 10.1. The van der Waals surface area contributed by atoms with Crippen molar-refractivity contribution in [1.29, 1.82) is 0 Å². The van der Waals surface area contributed by atoms with Gasteiger partial charge in [-0.1, -0.05) is 44.7 Å². The Labute approximate surface area is 117 Å². The average Bonchev–Trinajstić information content (AvgIpc) is 2.44. The van der Waals surface area contributed by atoms with Gasteiger partial charge in [-0.25, -0.2) is 5.11 Å². The maximum absolute atomic E-state index is 10.4. The van der Waals surface area contributed by atoms with Gasteiger partial charge in [-0.15, -0.1) is 0 Å². The molecule has 0 aliphatic rings. The van der Waals surface area contributed by atoms with Crippen LogP contribution in [0, 0.1) is 0 Å². The molecule has 107 valence electrons. The Morgan fingerprint density at radius 1 is 1.00 bits per heavy atom. The molecule has 0 saturated heterocycles. The first-order valence-electron chi connectivity index (χ1n) is 7.66. The maximum atomic E-state index is 10.4. The highest BCUT2D eigenvalue weighted by Gasteiger charge is 1.98. The van der Waals surface area contributed by atoms with E-state index < -0.39 is 0 Å². The lowest BCUT2D eigenvalue weighted by Crippen LogP contribution is -1.98. The number of benzene rings is 1. The molecule has 2 heteroatoms. The Bertz CT molecular complexity index is 323. The van der Waals surface area contributed by atoms with Crippen LogP contribution in [0.15, 0.2) is 24.3 Å². The molecular formula is C17H27O2. The van der Waals surface area contributed by atoms with E-state index in [0.29, 0.717) is 0 Å². The summed E-state index contributed by atoms with van der Waals surface area (Å²) in [4.78, 5) is 0. The Morgan fingerprint density at radius 2 is 1.84 bits per heavy atom. The van der Waals surface area contributed by atoms with Gasteiger partial charge in [0.25, 0.3) is 0 Å². The van der Waals surface area contributed by atoms with Crippen LogP contribution in [0.1, 0.15) is 57.4 Å². The minimum absolute atomic E-state index is 0.0565. The van der Waals surface area contributed by atoms with Gasteiger partial charge >= 0.3 is 0 Å². The van der Waals surface area contributed by atoms with Crippen molar-refractivity contribution in [1.82, 2.24) is 0 Å². The van der Waals surface area contributed by atoms with Gasteiger partial charge in [0.05, 0.1) is 13.2 Å². The van der Waals surface area contributed by atoms with Crippen molar-refractivity contribution in [3.8, 4) is 5.75 Å². The van der Waals surface area contributed by atoms with Crippen molar-refractivity contribution in [3.05, 3.63) is 29.8 Å². The van der Waals surface area contributed by atoms with E-state index in [-0.39, 0.29) is 6.61 Å². The van der Waals surface area contributed by atoms with E-state index in [0.717, 1.165) is 44.5 Å². The number of rotatable bonds is 11. The Balaban J connectivity index is 2.23. The Morgan fingerprint density at radius 3 is 2.63 bits per heavy atom. The molecule has 0 atom stereocenters. The number of hydrogen-bond donors (Lipinski definition) is 0. The van der Waals surface area contributed by atoms with Crippen LogP contribution >= 0.6 is 0 Å². The van der Waals surface area contributed by atoms with Gasteiger partial charge in [-0.2, -0.15) is 0 Å². The zero-order chi connectivity index (χ0) is 13.8. The molecule has 1 aromatic rings. The molecule has 0 heterocycles. The zero-order valence-electron chi connectivity index (χ0n) is 12.2. The highest BCUT2D eigenvalue weighted by Crippen LogP contribution is 2.16. The van der Waals surface area contributed by atoms with E-state index in [1.54, 1.807) is 0 Å². The second-order valence-corrected chi connectivity index (χ2v) is 5.07. The van der Waals surface area contributed by atoms with Crippen LogP contribution in [-0.2, 0) is 11.5 Å². The zero-order valence-corrected chi connectivity index (χ0v) is 12.2. The standard InChI is InChI=1S/C17H27O2/c1-2-3-4-8-14-19-17-12-9-11-16(15-17)10-6-5-7-13-18/h9,11-12,15H,2-8,10,13-14H2,1H3. The molecule has 0 aliphatic carbocycles. The van der Waals surface area contributed by atoms with Gasteiger partial charge in [0.2, 0.25) is 0 Å². The molecule has 0 bridgehead atoms. The highest BCUT2D eigenvalue weighted by atomic mass is 16.5. The van der Waals surface area contributed by atoms with Crippen molar-refractivity contribution < 1.29 is 9.84 Å². The number of unbranched alkanes of at least 4 members (excludes halogenated alkanes) is 5. The molecule has 1 rings (SSSR count). The van der Waals surface area contributed by atoms with Gasteiger partial charge in [-0.3, -0.25) is 0 Å². The maximum Gasteiger partial charge on any atom is 0.119 e. The number of hydrogen-bond acceptors (Lipinski definition) is 1. The molecule has 0 fully saturated rings. The first-order chi connectivity index (χ1) is 9.36. The predicted octanol–water partition coefficient (Wildman–Crippen LogP) is 4.79. The lowest BCUT2D eigenvalue weighted by molar-refractivity contribution is 0.186. The molecule has 0 unspecified atom stereocenters. The minimum atomic E-state index is 0.0565. The molecule has 0 aromatic heterocycles. The molecule has 0 aliphatic heterocycles. The fourth-order valence-corrected chi connectivity index (χ4v) is 2.12. The van der Waals surface area contributed by atoms with Crippen molar-refractivity contribution in [3.63, 3.8) is 0 Å². The van der Waals surface area contributed by atoms with Gasteiger partial charge < -0.3 is 4.74 Å². The molecule has 0 saturated carbocycles. The van der Waals surface area contributed by atoms with E-state index >= 15 is 0 Å². The van der Waals surface area contributed by atoms with Gasteiger partial charge in [0, 0.05) is 0 Å². The Hall–Kier alpha value is -1.02. The fourth-order valence-electron chi connectivity index (χ4n) is 2.12. The second kappa shape index (κ2) is 10.9. The first-order valence-corrected chi connectivity index (χ1v) is 7.66. The number of aryl methyl sites for hydroxylation is 1. The summed E-state index contributed by atoms with van der Waals surface area (Å²) in [6.45, 7) is 3.09. The molecule has 19 heavy (non-hydrogen) atoms. The van der Waals surface area contributed by atoms with Crippen LogP contribution < -0.4 is 4.74 Å². The normalized spacial score (nSPS) is 10.6. The van der Waals surface area contributed by atoms with Crippen molar-refractivity contribution in [2.75, 3.05) is 13.2 Å². The molecular weight excluding hydrogens is 236 g/mol. The third kappa shape index (κ3) is 7.89. The van der Waals surface area contributed by atoms with Crippen LogP contribution in [0.4, 0.5) is 0 Å². The third-order valence-electron chi connectivity index (χ3n) is 3.27. The van der Waals surface area contributed by atoms with Crippen molar-refractivity contribution in [2.45, 2.75) is 58.3 Å². The summed E-state index contributed by atoms with van der Waals surface area (Å²) in [7, 11) is 0. The van der Waals surface area contributed by atoms with E-state index in [1.807, 2.05) is 6.07 Å². The quantitative estimate of drug-likeness (QED) is 0.528. The summed E-state index contributed by atoms with van der Waals surface area (Å²) in [5, 5.41) is 10.4. The largest absolute Gasteiger partial charge is 0.494 e. The van der Waals surface area contributed by atoms with E-state index in [2.05, 4.69) is 25.1 Å². The monoisotopic (exact) mass is 263 g/mol. The number of ether oxygens (including phenoxy) is 1. The smallest absolute Gasteiger partial charge is 0.119 e. The summed E-state index contributed by atoms with van der Waals surface area (Å²) >= 11 is 0. The van der Waals surface area contributed by atoms with E-state index in [1.165, 1.54) is 24.8 Å². The summed E-state index contributed by atoms with van der Waals surface area (Å²) in [5.74, 6) is 0.984. The molecule has 0 amide bonds. The van der Waals surface area contributed by atoms with E-state index in [9.17, 15) is 5.11 Å². The second-order valence-electron chi connectivity index (χ2n) is 5.07. The Kier molecular flexibility index (Phi) is 9.17. The van der Waals surface area contributed by atoms with Gasteiger partial charge in [-0.05, 0) is 43.4 Å². The predicted molar refractivity (Wildman–Crippen MR) is 79.2 cm³/mol. The molecule has 1 radical (unpaired) electrons. The van der Waals surface area contributed by atoms with Crippen LogP contribution in [0.5, 0.6) is 5.75 Å². The van der Waals surface area contributed by atoms with Gasteiger partial charge in [0.15, 0.2) is 0 Å². The highest BCUT2D eigenvalue weighted by molar-refractivity contribution is 5.28. The topological polar surface area (TPSA) is 29.1 Å². The third-order valence-corrected chi connectivity index (χ3v) is 3.27. The summed E-state index contributed by atoms with van der Waals surface area (Å²) < 4.78 is 5.77. The molecule has 1 aromatic carbocycles. The van der Waals surface area contributed by atoms with Crippen LogP contribution in [-0.4, -0.2) is 13.2 Å².